The first-order valence-electron chi connectivity index (χ1n) is 8.04. The number of nitrogens with one attached hydrogen (secondary N) is 1. The van der Waals surface area contributed by atoms with Crippen LogP contribution in [0.1, 0.15) is 10.4 Å². The summed E-state index contributed by atoms with van der Waals surface area (Å²) >= 11 is 8.13. The smallest absolute Gasteiger partial charge is 0.338 e. The van der Waals surface area contributed by atoms with E-state index in [9.17, 15) is 18.4 Å². The highest BCUT2D eigenvalue weighted by Crippen LogP contribution is 2.22. The third kappa shape index (κ3) is 5.25. The topological polar surface area (TPSA) is 73.2 Å². The summed E-state index contributed by atoms with van der Waals surface area (Å²) in [5, 5.41) is 6.56. The maximum absolute atomic E-state index is 13.5. The van der Waals surface area contributed by atoms with E-state index in [1.165, 1.54) is 35.2 Å². The maximum atomic E-state index is 13.5. The summed E-state index contributed by atoms with van der Waals surface area (Å²) in [6.07, 6.45) is 1.90. The van der Waals surface area contributed by atoms with Crippen LogP contribution < -0.4 is 5.32 Å². The number of rotatable bonds is 6. The van der Waals surface area contributed by atoms with Gasteiger partial charge in [-0.1, -0.05) is 23.1 Å². The summed E-state index contributed by atoms with van der Waals surface area (Å²) in [6.45, 7) is -0.619. The minimum absolute atomic E-state index is 0.207. The number of aromatic nitrogens is 2. The second-order valence-corrected chi connectivity index (χ2v) is 8.22. The predicted octanol–water partition coefficient (Wildman–Crippen LogP) is 4.46. The lowest BCUT2D eigenvalue weighted by atomic mass is 10.2. The third-order valence-electron chi connectivity index (χ3n) is 3.59. The summed E-state index contributed by atoms with van der Waals surface area (Å²) in [6, 6.07) is 9.08. The molecule has 0 saturated heterocycles. The van der Waals surface area contributed by atoms with Crippen molar-refractivity contribution in [2.75, 3.05) is 18.2 Å². The Morgan fingerprint density at radius 2 is 1.97 bits per heavy atom. The molecule has 0 fully saturated rings. The molecule has 1 amide bonds. The number of anilines is 1. The molecule has 6 nitrogen and oxygen atoms in total. The lowest BCUT2D eigenvalue weighted by Gasteiger charge is -2.08. The number of halogens is 2. The number of carbonyl (C=O) groups excluding carboxylic acids is 2. The lowest BCUT2D eigenvalue weighted by Crippen LogP contribution is -2.21. The van der Waals surface area contributed by atoms with Gasteiger partial charge in [0.2, 0.25) is 0 Å². The fourth-order valence-corrected chi connectivity index (χ4v) is 4.02. The number of esters is 1. The van der Waals surface area contributed by atoms with Gasteiger partial charge in [0.15, 0.2) is 14.9 Å². The number of hydrogen-bond acceptors (Lipinski definition) is 7. The number of thioether (sulfide) groups is 1. The predicted molar refractivity (Wildman–Crippen MR) is 109 cm³/mol. The highest BCUT2D eigenvalue weighted by atomic mass is 32.2. The van der Waals surface area contributed by atoms with Gasteiger partial charge in [0, 0.05) is 6.07 Å². The molecule has 150 valence electrons. The standard InChI is InChI=1S/C18H13F2N3O3S3/c1-28-17-22-23(18(27)29-17)12-5-2-10(3-6-12)16(25)26-9-15(24)21-14-7-4-11(19)8-13(14)20/h2-8H,9H2,1H3,(H,21,24). The average molecular weight is 454 g/mol. The first-order chi connectivity index (χ1) is 13.9. The second kappa shape index (κ2) is 9.25. The fourth-order valence-electron chi connectivity index (χ4n) is 2.24. The summed E-state index contributed by atoms with van der Waals surface area (Å²) in [4.78, 5) is 23.9. The van der Waals surface area contributed by atoms with Crippen LogP contribution in [-0.2, 0) is 9.53 Å². The van der Waals surface area contributed by atoms with Crippen LogP contribution in [0.5, 0.6) is 0 Å². The van der Waals surface area contributed by atoms with Crippen molar-refractivity contribution in [3.63, 3.8) is 0 Å². The van der Waals surface area contributed by atoms with Gasteiger partial charge < -0.3 is 10.1 Å². The van der Waals surface area contributed by atoms with Crippen LogP contribution >= 0.6 is 35.3 Å². The molecule has 3 rings (SSSR count). The Bertz CT molecular complexity index is 1110. The highest BCUT2D eigenvalue weighted by Gasteiger charge is 2.13. The third-order valence-corrected chi connectivity index (χ3v) is 5.80. The van der Waals surface area contributed by atoms with Gasteiger partial charge in [-0.3, -0.25) is 4.79 Å². The summed E-state index contributed by atoms with van der Waals surface area (Å²) in [5.74, 6) is -3.17. The molecule has 1 N–H and O–H groups in total. The van der Waals surface area contributed by atoms with Crippen LogP contribution in [-0.4, -0.2) is 34.5 Å². The molecule has 0 aliphatic heterocycles. The Balaban J connectivity index is 1.60. The van der Waals surface area contributed by atoms with Gasteiger partial charge in [-0.05, 0) is 54.9 Å². The zero-order chi connectivity index (χ0) is 21.0. The molecule has 0 atom stereocenters. The number of ether oxygens (including phenoxy) is 1. The lowest BCUT2D eigenvalue weighted by molar-refractivity contribution is -0.119. The molecule has 11 heteroatoms. The molecule has 0 unspecified atom stereocenters. The van der Waals surface area contributed by atoms with E-state index in [0.29, 0.717) is 15.7 Å². The molecule has 2 aromatic carbocycles. The Hall–Kier alpha value is -2.63. The van der Waals surface area contributed by atoms with E-state index in [1.807, 2.05) is 6.26 Å². The molecule has 3 aromatic rings. The second-order valence-electron chi connectivity index (χ2n) is 5.55. The van der Waals surface area contributed by atoms with Gasteiger partial charge in [0.25, 0.3) is 5.91 Å². The Labute approximate surface area is 177 Å². The van der Waals surface area contributed by atoms with Crippen LogP contribution in [0.25, 0.3) is 5.69 Å². The zero-order valence-electron chi connectivity index (χ0n) is 14.8. The normalized spacial score (nSPS) is 10.6. The van der Waals surface area contributed by atoms with Crippen molar-refractivity contribution in [2.24, 2.45) is 0 Å². The van der Waals surface area contributed by atoms with Crippen LogP contribution in [0.3, 0.4) is 0 Å². The molecule has 0 spiro atoms. The Kier molecular flexibility index (Phi) is 6.72. The molecular formula is C18H13F2N3O3S3. The fraction of sp³-hybridized carbons (Fsp3) is 0.111. The van der Waals surface area contributed by atoms with Crippen molar-refractivity contribution in [1.29, 1.82) is 0 Å². The number of amides is 1. The minimum Gasteiger partial charge on any atom is -0.452 e. The molecular weight excluding hydrogens is 440 g/mol. The molecule has 29 heavy (non-hydrogen) atoms. The van der Waals surface area contributed by atoms with Gasteiger partial charge in [-0.25, -0.2) is 18.3 Å². The highest BCUT2D eigenvalue weighted by molar-refractivity contribution is 8.00. The minimum atomic E-state index is -0.925. The number of hydrogen-bond donors (Lipinski definition) is 1. The van der Waals surface area contributed by atoms with Crippen LogP contribution in [0.4, 0.5) is 14.5 Å². The van der Waals surface area contributed by atoms with Crippen LogP contribution in [0.2, 0.25) is 0 Å². The van der Waals surface area contributed by atoms with Crippen molar-refractivity contribution in [2.45, 2.75) is 4.34 Å². The van der Waals surface area contributed by atoms with Crippen LogP contribution in [0.15, 0.2) is 46.8 Å². The Morgan fingerprint density at radius 1 is 1.24 bits per heavy atom. The molecule has 0 saturated carbocycles. The van der Waals surface area contributed by atoms with E-state index < -0.39 is 30.1 Å². The van der Waals surface area contributed by atoms with E-state index in [0.717, 1.165) is 16.5 Å². The molecule has 0 aliphatic rings. The van der Waals surface area contributed by atoms with Gasteiger partial charge in [0.05, 0.1) is 16.9 Å². The number of benzene rings is 2. The number of nitrogens with zero attached hydrogens (tertiary/aromatic N) is 2. The summed E-state index contributed by atoms with van der Waals surface area (Å²) in [5.41, 5.74) is 0.704. The molecule has 0 aliphatic carbocycles. The van der Waals surface area contributed by atoms with E-state index in [1.54, 1.807) is 16.8 Å². The quantitative estimate of drug-likeness (QED) is 0.338. The molecule has 1 heterocycles. The maximum Gasteiger partial charge on any atom is 0.338 e. The van der Waals surface area contributed by atoms with E-state index >= 15 is 0 Å². The monoisotopic (exact) mass is 453 g/mol. The summed E-state index contributed by atoms with van der Waals surface area (Å²) < 4.78 is 34.3. The van der Waals surface area contributed by atoms with Gasteiger partial charge in [-0.2, -0.15) is 0 Å². The van der Waals surface area contributed by atoms with Gasteiger partial charge >= 0.3 is 5.97 Å². The first kappa shape index (κ1) is 21.1. The zero-order valence-corrected chi connectivity index (χ0v) is 17.3. The largest absolute Gasteiger partial charge is 0.452 e. The summed E-state index contributed by atoms with van der Waals surface area (Å²) in [7, 11) is 0. The van der Waals surface area contributed by atoms with Crippen molar-refractivity contribution in [3.8, 4) is 5.69 Å². The Morgan fingerprint density at radius 3 is 2.59 bits per heavy atom. The molecule has 0 radical (unpaired) electrons. The van der Waals surface area contributed by atoms with Crippen molar-refractivity contribution < 1.29 is 23.1 Å². The van der Waals surface area contributed by atoms with E-state index in [4.69, 9.17) is 17.0 Å². The van der Waals surface area contributed by atoms with Gasteiger partial charge in [-0.15, -0.1) is 5.10 Å². The molecule has 1 aromatic heterocycles. The van der Waals surface area contributed by atoms with Gasteiger partial charge in [0.1, 0.15) is 11.6 Å². The van der Waals surface area contributed by atoms with E-state index in [-0.39, 0.29) is 11.3 Å². The number of carbonyl (C=O) groups is 2. The average Bonchev–Trinajstić information content (AvgIpc) is 3.09. The first-order valence-corrected chi connectivity index (χ1v) is 10.5. The van der Waals surface area contributed by atoms with Crippen molar-refractivity contribution in [3.05, 3.63) is 63.6 Å². The van der Waals surface area contributed by atoms with E-state index in [2.05, 4.69) is 10.4 Å². The van der Waals surface area contributed by atoms with Crippen molar-refractivity contribution >= 4 is 52.9 Å². The molecule has 0 bridgehead atoms. The van der Waals surface area contributed by atoms with Crippen molar-refractivity contribution in [1.82, 2.24) is 9.78 Å². The van der Waals surface area contributed by atoms with Crippen LogP contribution in [0, 0.1) is 15.6 Å². The SMILES string of the molecule is CSc1nn(-c2ccc(C(=O)OCC(=O)Nc3ccc(F)cc3F)cc2)c(=S)s1.